The first kappa shape index (κ1) is 28.3. The molecule has 4 aliphatic rings. The van der Waals surface area contributed by atoms with Crippen molar-refractivity contribution in [2.24, 2.45) is 0 Å². The minimum atomic E-state index is -0.483. The summed E-state index contributed by atoms with van der Waals surface area (Å²) in [5.74, 6) is 0.815. The van der Waals surface area contributed by atoms with E-state index in [0.29, 0.717) is 102 Å². The number of hydrogen-bond acceptors (Lipinski definition) is 13. The van der Waals surface area contributed by atoms with Crippen molar-refractivity contribution in [2.45, 2.75) is 0 Å². The Hall–Kier alpha value is -3.79. The van der Waals surface area contributed by atoms with Gasteiger partial charge in [-0.25, -0.2) is 0 Å². The van der Waals surface area contributed by atoms with Crippen LogP contribution in [0.4, 0.5) is 16.7 Å². The Morgan fingerprint density at radius 2 is 1.36 bits per heavy atom. The monoisotopic (exact) mass is 597 g/mol. The second-order valence-corrected chi connectivity index (χ2v) is 10.8. The van der Waals surface area contributed by atoms with Crippen LogP contribution in [0.25, 0.3) is 6.08 Å². The number of rotatable bonds is 7. The molecule has 5 heterocycles. The molecular formula is C27H31N7O7S. The predicted octanol–water partition coefficient (Wildman–Crippen LogP) is 1.23. The molecule has 0 atom stereocenters. The van der Waals surface area contributed by atoms with Crippen LogP contribution in [0.15, 0.2) is 29.2 Å². The number of amides is 3. The first-order valence-corrected chi connectivity index (χ1v) is 14.7. The minimum Gasteiger partial charge on any atom is -0.424 e. The molecule has 222 valence electrons. The molecule has 0 aliphatic carbocycles. The summed E-state index contributed by atoms with van der Waals surface area (Å²) >= 11 is 0.820. The number of imide groups is 1. The fourth-order valence-corrected chi connectivity index (χ4v) is 5.60. The molecule has 4 saturated heterocycles. The molecule has 0 bridgehead atoms. The van der Waals surface area contributed by atoms with E-state index in [4.69, 9.17) is 23.9 Å². The van der Waals surface area contributed by atoms with Gasteiger partial charge in [0.25, 0.3) is 11.1 Å². The number of morpholine rings is 3. The molecule has 0 unspecified atom stereocenters. The van der Waals surface area contributed by atoms with Crippen molar-refractivity contribution in [3.63, 3.8) is 0 Å². The van der Waals surface area contributed by atoms with Gasteiger partial charge in [-0.05, 0) is 35.5 Å². The average molecular weight is 598 g/mol. The Labute approximate surface area is 246 Å². The molecule has 42 heavy (non-hydrogen) atoms. The molecule has 0 radical (unpaired) electrons. The number of hydrogen-bond donors (Lipinski definition) is 0. The summed E-state index contributed by atoms with van der Waals surface area (Å²) in [6, 6.07) is 7.20. The highest BCUT2D eigenvalue weighted by molar-refractivity contribution is 8.18. The molecule has 3 amide bonds. The van der Waals surface area contributed by atoms with Gasteiger partial charge in [-0.1, -0.05) is 12.1 Å². The van der Waals surface area contributed by atoms with Crippen molar-refractivity contribution in [1.29, 1.82) is 0 Å². The smallest absolute Gasteiger partial charge is 0.328 e. The van der Waals surface area contributed by atoms with Crippen LogP contribution in [0.3, 0.4) is 0 Å². The number of anilines is 2. The first-order chi connectivity index (χ1) is 20.5. The van der Waals surface area contributed by atoms with Crippen molar-refractivity contribution in [2.75, 3.05) is 95.3 Å². The molecule has 2 aromatic rings. The van der Waals surface area contributed by atoms with Gasteiger partial charge < -0.3 is 33.6 Å². The van der Waals surface area contributed by atoms with Gasteiger partial charge in [-0.15, -0.1) is 0 Å². The maximum Gasteiger partial charge on any atom is 0.328 e. The van der Waals surface area contributed by atoms with E-state index in [0.717, 1.165) is 16.7 Å². The molecular weight excluding hydrogens is 566 g/mol. The van der Waals surface area contributed by atoms with E-state index < -0.39 is 11.1 Å². The Balaban J connectivity index is 1.14. The highest BCUT2D eigenvalue weighted by Crippen LogP contribution is 2.33. The second-order valence-electron chi connectivity index (χ2n) is 9.85. The molecule has 1 aromatic heterocycles. The zero-order valence-corrected chi connectivity index (χ0v) is 23.8. The second kappa shape index (κ2) is 13.0. The van der Waals surface area contributed by atoms with Crippen LogP contribution in [-0.2, 0) is 23.8 Å². The molecule has 1 aromatic carbocycles. The zero-order chi connectivity index (χ0) is 28.9. The van der Waals surface area contributed by atoms with Crippen LogP contribution in [-0.4, -0.2) is 127 Å². The number of benzene rings is 1. The maximum atomic E-state index is 12.9. The van der Waals surface area contributed by atoms with Crippen LogP contribution in [0, 0.1) is 0 Å². The number of aromatic nitrogens is 3. The quantitative estimate of drug-likeness (QED) is 0.423. The van der Waals surface area contributed by atoms with Gasteiger partial charge in [0.2, 0.25) is 17.8 Å². The highest BCUT2D eigenvalue weighted by atomic mass is 32.2. The van der Waals surface area contributed by atoms with Gasteiger partial charge in [0.15, 0.2) is 0 Å². The number of carbonyl (C=O) groups is 3. The van der Waals surface area contributed by atoms with E-state index in [1.54, 1.807) is 35.2 Å². The van der Waals surface area contributed by atoms with Crippen molar-refractivity contribution >= 4 is 46.8 Å². The van der Waals surface area contributed by atoms with Gasteiger partial charge >= 0.3 is 6.01 Å². The third kappa shape index (κ3) is 6.64. The lowest BCUT2D eigenvalue weighted by atomic mass is 10.2. The van der Waals surface area contributed by atoms with Gasteiger partial charge in [0.05, 0.1) is 44.5 Å². The molecule has 6 rings (SSSR count). The Morgan fingerprint density at radius 3 is 1.93 bits per heavy atom. The summed E-state index contributed by atoms with van der Waals surface area (Å²) in [5, 5.41) is -0.463. The van der Waals surface area contributed by atoms with Crippen LogP contribution in [0.2, 0.25) is 0 Å². The van der Waals surface area contributed by atoms with Gasteiger partial charge in [0, 0.05) is 39.3 Å². The Bertz CT molecular complexity index is 1300. The normalized spacial score (nSPS) is 20.9. The third-order valence-electron chi connectivity index (χ3n) is 7.10. The lowest BCUT2D eigenvalue weighted by molar-refractivity contribution is -0.139. The minimum absolute atomic E-state index is 0.173. The van der Waals surface area contributed by atoms with Gasteiger partial charge in [-0.3, -0.25) is 19.3 Å². The molecule has 4 fully saturated rings. The molecule has 0 N–H and O–H groups in total. The number of thioether (sulfide) groups is 1. The number of nitrogens with zero attached hydrogens (tertiary/aromatic N) is 7. The third-order valence-corrected chi connectivity index (χ3v) is 8.00. The fraction of sp³-hybridized carbons (Fsp3) is 0.481. The van der Waals surface area contributed by atoms with Crippen molar-refractivity contribution in [3.05, 3.63) is 34.7 Å². The lowest BCUT2D eigenvalue weighted by Crippen LogP contribution is -2.46. The first-order valence-electron chi connectivity index (χ1n) is 13.8. The number of carbonyl (C=O) groups excluding carboxylic acids is 3. The zero-order valence-electron chi connectivity index (χ0n) is 23.0. The topological polar surface area (TPSA) is 140 Å². The standard InChI is InChI=1S/C27H31N7O7S/c35-22(31-5-11-38-12-6-31)18-34-23(36)21(42-27(34)37)17-19-1-3-20(4-2-19)41-26-29-24(32-7-13-39-14-8-32)28-25(30-26)33-9-15-40-16-10-33/h1-4,17H,5-16,18H2/b21-17-. The molecule has 15 heteroatoms. The summed E-state index contributed by atoms with van der Waals surface area (Å²) in [4.78, 5) is 58.8. The van der Waals surface area contributed by atoms with E-state index in [1.807, 2.05) is 9.80 Å². The molecule has 14 nitrogen and oxygen atoms in total. The van der Waals surface area contributed by atoms with Crippen LogP contribution < -0.4 is 14.5 Å². The Morgan fingerprint density at radius 1 is 0.810 bits per heavy atom. The van der Waals surface area contributed by atoms with Crippen molar-refractivity contribution in [1.82, 2.24) is 24.8 Å². The summed E-state index contributed by atoms with van der Waals surface area (Å²) in [7, 11) is 0. The van der Waals surface area contributed by atoms with Crippen molar-refractivity contribution < 1.29 is 33.3 Å². The lowest BCUT2D eigenvalue weighted by Gasteiger charge is -2.30. The fourth-order valence-electron chi connectivity index (χ4n) is 4.76. The van der Waals surface area contributed by atoms with Crippen LogP contribution in [0.1, 0.15) is 5.56 Å². The SMILES string of the molecule is O=C(CN1C(=O)S/C(=C\c2ccc(Oc3nc(N4CCOCC4)nc(N4CCOCC4)n3)cc2)C1=O)N1CCOCC1. The summed E-state index contributed by atoms with van der Waals surface area (Å²) < 4.78 is 22.2. The highest BCUT2D eigenvalue weighted by Gasteiger charge is 2.37. The van der Waals surface area contributed by atoms with Crippen molar-refractivity contribution in [3.8, 4) is 11.8 Å². The van der Waals surface area contributed by atoms with E-state index >= 15 is 0 Å². The molecule has 4 aliphatic heterocycles. The van der Waals surface area contributed by atoms with E-state index in [2.05, 4.69) is 9.97 Å². The van der Waals surface area contributed by atoms with Gasteiger partial charge in [0.1, 0.15) is 12.3 Å². The van der Waals surface area contributed by atoms with E-state index in [1.165, 1.54) is 0 Å². The summed E-state index contributed by atoms with van der Waals surface area (Å²) in [6.07, 6.45) is 1.63. The largest absolute Gasteiger partial charge is 0.424 e. The van der Waals surface area contributed by atoms with Crippen LogP contribution in [0.5, 0.6) is 11.8 Å². The van der Waals surface area contributed by atoms with E-state index in [9.17, 15) is 14.4 Å². The summed E-state index contributed by atoms with van der Waals surface area (Å²) in [6.45, 7) is 6.61. The average Bonchev–Trinajstić information content (AvgIpc) is 3.30. The predicted molar refractivity (Wildman–Crippen MR) is 152 cm³/mol. The maximum absolute atomic E-state index is 12.9. The molecule has 0 spiro atoms. The van der Waals surface area contributed by atoms with Gasteiger partial charge in [-0.2, -0.15) is 15.0 Å². The Kier molecular flexibility index (Phi) is 8.79. The van der Waals surface area contributed by atoms with Crippen LogP contribution >= 0.6 is 11.8 Å². The molecule has 0 saturated carbocycles. The summed E-state index contributed by atoms with van der Waals surface area (Å²) in [5.41, 5.74) is 0.700. The number of ether oxygens (including phenoxy) is 4. The van der Waals surface area contributed by atoms with E-state index in [-0.39, 0.29) is 23.4 Å².